The van der Waals surface area contributed by atoms with Crippen molar-refractivity contribution in [2.45, 2.75) is 6.42 Å². The fourth-order valence-corrected chi connectivity index (χ4v) is 2.27. The summed E-state index contributed by atoms with van der Waals surface area (Å²) in [6.07, 6.45) is 1.74. The highest BCUT2D eigenvalue weighted by Gasteiger charge is 2.15. The van der Waals surface area contributed by atoms with Crippen LogP contribution < -0.4 is 10.5 Å². The van der Waals surface area contributed by atoms with E-state index in [1.165, 1.54) is 6.33 Å². The van der Waals surface area contributed by atoms with E-state index in [9.17, 15) is 4.79 Å². The number of nitrogens with one attached hydrogen (secondary N) is 1. The molecule has 0 spiro atoms. The highest BCUT2D eigenvalue weighted by atomic mass is 127. The SMILES string of the molecule is N#CCCN(c1ccccc1)c1nc[nH]c(=O)c1I. The number of aromatic amines is 1. The molecule has 1 heterocycles. The van der Waals surface area contributed by atoms with Crippen molar-refractivity contribution in [2.75, 3.05) is 11.4 Å². The second-order valence-corrected chi connectivity index (χ2v) is 4.84. The average molecular weight is 366 g/mol. The van der Waals surface area contributed by atoms with Gasteiger partial charge in [0.15, 0.2) is 5.82 Å². The second-order valence-electron chi connectivity index (χ2n) is 3.76. The van der Waals surface area contributed by atoms with Crippen molar-refractivity contribution in [3.8, 4) is 6.07 Å². The van der Waals surface area contributed by atoms with Gasteiger partial charge in [-0.25, -0.2) is 4.98 Å². The molecule has 2 rings (SSSR count). The molecule has 0 aliphatic rings. The number of hydrogen-bond acceptors (Lipinski definition) is 4. The van der Waals surface area contributed by atoms with Crippen LogP contribution in [0, 0.1) is 14.9 Å². The Morgan fingerprint density at radius 3 is 2.79 bits per heavy atom. The van der Waals surface area contributed by atoms with E-state index < -0.39 is 0 Å². The number of nitriles is 1. The molecule has 5 nitrogen and oxygen atoms in total. The molecule has 0 radical (unpaired) electrons. The highest BCUT2D eigenvalue weighted by molar-refractivity contribution is 14.1. The Morgan fingerprint density at radius 1 is 1.37 bits per heavy atom. The van der Waals surface area contributed by atoms with Crippen molar-refractivity contribution in [3.63, 3.8) is 0 Å². The first-order valence-electron chi connectivity index (χ1n) is 5.66. The van der Waals surface area contributed by atoms with Crippen LogP contribution >= 0.6 is 22.6 Å². The van der Waals surface area contributed by atoms with Crippen LogP contribution in [0.1, 0.15) is 6.42 Å². The van der Waals surface area contributed by atoms with Crippen LogP contribution in [0.3, 0.4) is 0 Å². The molecule has 6 heteroatoms. The van der Waals surface area contributed by atoms with Gasteiger partial charge in [-0.2, -0.15) is 5.26 Å². The minimum atomic E-state index is -0.177. The lowest BCUT2D eigenvalue weighted by Crippen LogP contribution is -2.24. The zero-order valence-electron chi connectivity index (χ0n) is 10.0. The molecule has 2 aromatic rings. The van der Waals surface area contributed by atoms with E-state index in [1.54, 1.807) is 0 Å². The first kappa shape index (κ1) is 13.5. The lowest BCUT2D eigenvalue weighted by atomic mass is 10.2. The van der Waals surface area contributed by atoms with E-state index in [1.807, 2.05) is 57.8 Å². The Balaban J connectivity index is 2.47. The quantitative estimate of drug-likeness (QED) is 0.844. The lowest BCUT2D eigenvalue weighted by Gasteiger charge is -2.23. The number of para-hydroxylation sites is 1. The van der Waals surface area contributed by atoms with Crippen LogP contribution in [0.15, 0.2) is 41.5 Å². The number of rotatable bonds is 4. The van der Waals surface area contributed by atoms with Crippen molar-refractivity contribution >= 4 is 34.1 Å². The molecule has 0 aliphatic heterocycles. The first-order valence-corrected chi connectivity index (χ1v) is 6.74. The number of halogens is 1. The molecule has 0 amide bonds. The average Bonchev–Trinajstić information content (AvgIpc) is 2.45. The topological polar surface area (TPSA) is 72.8 Å². The summed E-state index contributed by atoms with van der Waals surface area (Å²) in [5.41, 5.74) is 0.734. The van der Waals surface area contributed by atoms with Crippen LogP contribution in [0.5, 0.6) is 0 Å². The van der Waals surface area contributed by atoms with Crippen molar-refractivity contribution in [1.29, 1.82) is 5.26 Å². The van der Waals surface area contributed by atoms with Gasteiger partial charge in [0.25, 0.3) is 5.56 Å². The van der Waals surface area contributed by atoms with E-state index in [-0.39, 0.29) is 5.56 Å². The predicted molar refractivity (Wildman–Crippen MR) is 81.3 cm³/mol. The molecule has 0 unspecified atom stereocenters. The van der Waals surface area contributed by atoms with E-state index in [2.05, 4.69) is 16.0 Å². The summed E-state index contributed by atoms with van der Waals surface area (Å²) < 4.78 is 0.516. The number of nitrogens with zero attached hydrogens (tertiary/aromatic N) is 3. The Labute approximate surface area is 124 Å². The minimum Gasteiger partial charge on any atom is -0.324 e. The van der Waals surface area contributed by atoms with Gasteiger partial charge in [-0.05, 0) is 34.7 Å². The molecule has 0 atom stereocenters. The van der Waals surface area contributed by atoms with Crippen molar-refractivity contribution < 1.29 is 0 Å². The van der Waals surface area contributed by atoms with Crippen molar-refractivity contribution in [1.82, 2.24) is 9.97 Å². The third kappa shape index (κ3) is 3.12. The molecule has 0 saturated heterocycles. The van der Waals surface area contributed by atoms with Crippen LogP contribution in [0.4, 0.5) is 11.5 Å². The smallest absolute Gasteiger partial charge is 0.266 e. The summed E-state index contributed by atoms with van der Waals surface area (Å²) in [6, 6.07) is 11.7. The van der Waals surface area contributed by atoms with Gasteiger partial charge in [-0.1, -0.05) is 18.2 Å². The monoisotopic (exact) mass is 366 g/mol. The zero-order valence-corrected chi connectivity index (χ0v) is 12.2. The van der Waals surface area contributed by atoms with Crippen LogP contribution in [0.2, 0.25) is 0 Å². The summed E-state index contributed by atoms with van der Waals surface area (Å²) in [5, 5.41) is 8.77. The lowest BCUT2D eigenvalue weighted by molar-refractivity contribution is 0.909. The molecule has 1 aromatic heterocycles. The van der Waals surface area contributed by atoms with Crippen LogP contribution in [-0.4, -0.2) is 16.5 Å². The summed E-state index contributed by atoms with van der Waals surface area (Å²) in [5.74, 6) is 0.575. The molecule has 1 N–H and O–H groups in total. The van der Waals surface area contributed by atoms with Gasteiger partial charge in [-0.3, -0.25) is 4.79 Å². The number of hydrogen-bond donors (Lipinski definition) is 1. The van der Waals surface area contributed by atoms with E-state index in [4.69, 9.17) is 5.26 Å². The normalized spacial score (nSPS) is 9.89. The third-order valence-electron chi connectivity index (χ3n) is 2.55. The van der Waals surface area contributed by atoms with Crippen molar-refractivity contribution in [2.24, 2.45) is 0 Å². The van der Waals surface area contributed by atoms with Crippen LogP contribution in [0.25, 0.3) is 0 Å². The predicted octanol–water partition coefficient (Wildman–Crippen LogP) is 2.43. The van der Waals surface area contributed by atoms with Crippen molar-refractivity contribution in [3.05, 3.63) is 50.6 Å². The number of anilines is 2. The zero-order chi connectivity index (χ0) is 13.7. The van der Waals surface area contributed by atoms with Crippen LogP contribution in [-0.2, 0) is 0 Å². The molecular weight excluding hydrogens is 355 g/mol. The standard InChI is InChI=1S/C13H11IN4O/c14-11-12(16-9-17-13(11)19)18(8-4-7-15)10-5-2-1-3-6-10/h1-3,5-6,9H,4,8H2,(H,16,17,19). The van der Waals surface area contributed by atoms with Gasteiger partial charge in [-0.15, -0.1) is 0 Å². The van der Waals surface area contributed by atoms with Gasteiger partial charge in [0.2, 0.25) is 0 Å². The Morgan fingerprint density at radius 2 is 2.11 bits per heavy atom. The fraction of sp³-hybridized carbons (Fsp3) is 0.154. The molecule has 0 bridgehead atoms. The summed E-state index contributed by atoms with van der Waals surface area (Å²) >= 11 is 1.97. The second kappa shape index (κ2) is 6.33. The number of benzene rings is 1. The van der Waals surface area contributed by atoms with E-state index in [0.29, 0.717) is 22.4 Å². The maximum Gasteiger partial charge on any atom is 0.266 e. The minimum absolute atomic E-state index is 0.177. The van der Waals surface area contributed by atoms with E-state index in [0.717, 1.165) is 5.69 Å². The first-order chi connectivity index (χ1) is 9.24. The Hall–Kier alpha value is -1.88. The molecule has 1 aromatic carbocycles. The number of H-pyrrole nitrogens is 1. The maximum atomic E-state index is 11.7. The summed E-state index contributed by atoms with van der Waals surface area (Å²) in [6.45, 7) is 0.493. The number of aromatic nitrogens is 2. The Kier molecular flexibility index (Phi) is 4.52. The van der Waals surface area contributed by atoms with Gasteiger partial charge in [0, 0.05) is 12.2 Å². The maximum absolute atomic E-state index is 11.7. The summed E-state index contributed by atoms with van der Waals surface area (Å²) in [4.78, 5) is 20.3. The molecular formula is C13H11IN4O. The molecule has 0 saturated carbocycles. The molecule has 96 valence electrons. The molecule has 19 heavy (non-hydrogen) atoms. The van der Waals surface area contributed by atoms with E-state index >= 15 is 0 Å². The largest absolute Gasteiger partial charge is 0.324 e. The van der Waals surface area contributed by atoms with Gasteiger partial charge >= 0.3 is 0 Å². The molecule has 0 aliphatic carbocycles. The fourth-order valence-electron chi connectivity index (χ4n) is 1.69. The van der Waals surface area contributed by atoms with Gasteiger partial charge < -0.3 is 9.88 Å². The third-order valence-corrected chi connectivity index (χ3v) is 3.52. The summed E-state index contributed by atoms with van der Waals surface area (Å²) in [7, 11) is 0. The Bertz CT molecular complexity index is 648. The van der Waals surface area contributed by atoms with Gasteiger partial charge in [0.05, 0.1) is 18.8 Å². The molecule has 0 fully saturated rings. The highest BCUT2D eigenvalue weighted by Crippen LogP contribution is 2.25. The van der Waals surface area contributed by atoms with Gasteiger partial charge in [0.1, 0.15) is 3.57 Å².